The molecule has 0 unspecified atom stereocenters. The molecule has 0 saturated heterocycles. The van der Waals surface area contributed by atoms with Crippen molar-refractivity contribution in [1.82, 2.24) is 25.1 Å². The van der Waals surface area contributed by atoms with Gasteiger partial charge in [0.25, 0.3) is 0 Å². The zero-order valence-corrected chi connectivity index (χ0v) is 12.0. The maximum absolute atomic E-state index is 5.13. The van der Waals surface area contributed by atoms with E-state index in [9.17, 15) is 0 Å². The number of anilines is 3. The van der Waals surface area contributed by atoms with E-state index < -0.39 is 0 Å². The maximum Gasteiger partial charge on any atom is 0.322 e. The number of nitrogens with zero attached hydrogens (tertiary/aromatic N) is 4. The summed E-state index contributed by atoms with van der Waals surface area (Å²) in [7, 11) is 1.54. The van der Waals surface area contributed by atoms with Crippen molar-refractivity contribution in [3.05, 3.63) is 24.4 Å². The first-order chi connectivity index (χ1) is 10.8. The van der Waals surface area contributed by atoms with Crippen LogP contribution in [-0.2, 0) is 0 Å². The van der Waals surface area contributed by atoms with Gasteiger partial charge in [0.2, 0.25) is 11.9 Å². The van der Waals surface area contributed by atoms with E-state index in [0.717, 1.165) is 29.4 Å². The van der Waals surface area contributed by atoms with Crippen molar-refractivity contribution in [2.45, 2.75) is 18.9 Å². The molecular weight excluding hydrogens is 282 g/mol. The average molecular weight is 297 g/mol. The number of ether oxygens (including phenoxy) is 1. The first-order valence-electron chi connectivity index (χ1n) is 7.07. The molecule has 1 aliphatic rings. The van der Waals surface area contributed by atoms with E-state index in [1.54, 1.807) is 6.20 Å². The molecule has 2 aromatic heterocycles. The molecule has 8 heteroatoms. The van der Waals surface area contributed by atoms with Crippen molar-refractivity contribution < 1.29 is 4.74 Å². The smallest absolute Gasteiger partial charge is 0.322 e. The van der Waals surface area contributed by atoms with E-state index in [0.29, 0.717) is 17.9 Å². The Morgan fingerprint density at radius 1 is 1.18 bits per heavy atom. The van der Waals surface area contributed by atoms with E-state index >= 15 is 0 Å². The number of aromatic amines is 1. The molecule has 0 aliphatic heterocycles. The fourth-order valence-corrected chi connectivity index (χ4v) is 2.12. The lowest BCUT2D eigenvalue weighted by molar-refractivity contribution is 0.379. The molecule has 8 nitrogen and oxygen atoms in total. The number of nitrogens with one attached hydrogen (secondary N) is 3. The standard InChI is InChI=1S/C14H15N7O/c1-22-14-19-12(16-9-4-5-9)18-13(20-14)17-10-3-2-8-7-15-21-11(8)6-10/h2-3,6-7,9H,4-5H2,1H3,(H,15,21)(H2,16,17,18,19,20). The summed E-state index contributed by atoms with van der Waals surface area (Å²) in [6.07, 6.45) is 4.07. The Balaban J connectivity index is 1.62. The fourth-order valence-electron chi connectivity index (χ4n) is 2.12. The minimum atomic E-state index is 0.281. The third-order valence-electron chi connectivity index (χ3n) is 3.41. The van der Waals surface area contributed by atoms with Gasteiger partial charge in [-0.3, -0.25) is 5.10 Å². The van der Waals surface area contributed by atoms with Gasteiger partial charge in [-0.2, -0.15) is 20.1 Å². The van der Waals surface area contributed by atoms with Crippen LogP contribution in [0.25, 0.3) is 10.9 Å². The lowest BCUT2D eigenvalue weighted by Crippen LogP contribution is -2.09. The van der Waals surface area contributed by atoms with Crippen LogP contribution in [0.15, 0.2) is 24.4 Å². The zero-order valence-electron chi connectivity index (χ0n) is 12.0. The second kappa shape index (κ2) is 5.14. The van der Waals surface area contributed by atoms with Crippen LogP contribution in [0.3, 0.4) is 0 Å². The largest absolute Gasteiger partial charge is 0.467 e. The quantitative estimate of drug-likeness (QED) is 0.662. The molecule has 4 rings (SSSR count). The molecule has 0 spiro atoms. The number of benzene rings is 1. The van der Waals surface area contributed by atoms with E-state index in [1.165, 1.54) is 7.11 Å². The highest BCUT2D eigenvalue weighted by Crippen LogP contribution is 2.25. The van der Waals surface area contributed by atoms with Crippen LogP contribution in [0.5, 0.6) is 6.01 Å². The third-order valence-corrected chi connectivity index (χ3v) is 3.41. The summed E-state index contributed by atoms with van der Waals surface area (Å²) < 4.78 is 5.13. The first kappa shape index (κ1) is 12.8. The lowest BCUT2D eigenvalue weighted by Gasteiger charge is -2.09. The number of rotatable bonds is 5. The van der Waals surface area contributed by atoms with Crippen molar-refractivity contribution in [2.24, 2.45) is 0 Å². The second-order valence-corrected chi connectivity index (χ2v) is 5.18. The predicted octanol–water partition coefficient (Wildman–Crippen LogP) is 2.07. The molecule has 3 aromatic rings. The summed E-state index contributed by atoms with van der Waals surface area (Å²) in [5.41, 5.74) is 1.81. The van der Waals surface area contributed by atoms with Crippen molar-refractivity contribution in [3.63, 3.8) is 0 Å². The first-order valence-corrected chi connectivity index (χ1v) is 7.07. The normalized spacial score (nSPS) is 14.0. The molecule has 3 N–H and O–H groups in total. The van der Waals surface area contributed by atoms with Crippen molar-refractivity contribution >= 4 is 28.5 Å². The highest BCUT2D eigenvalue weighted by atomic mass is 16.5. The molecular formula is C14H15N7O. The molecule has 0 bridgehead atoms. The molecule has 1 saturated carbocycles. The molecule has 0 atom stereocenters. The van der Waals surface area contributed by atoms with Crippen LogP contribution in [0.4, 0.5) is 17.6 Å². The summed E-state index contributed by atoms with van der Waals surface area (Å²) in [5, 5.41) is 14.4. The molecule has 0 amide bonds. The van der Waals surface area contributed by atoms with Crippen LogP contribution in [0.1, 0.15) is 12.8 Å². The molecule has 1 fully saturated rings. The summed E-state index contributed by atoms with van der Waals surface area (Å²) in [6, 6.07) is 6.61. The summed E-state index contributed by atoms with van der Waals surface area (Å²) in [4.78, 5) is 12.8. The van der Waals surface area contributed by atoms with E-state index in [1.807, 2.05) is 18.2 Å². The van der Waals surface area contributed by atoms with E-state index in [-0.39, 0.29) is 6.01 Å². The van der Waals surface area contributed by atoms with Crippen LogP contribution in [-0.4, -0.2) is 38.3 Å². The number of H-pyrrole nitrogens is 1. The Morgan fingerprint density at radius 3 is 2.86 bits per heavy atom. The van der Waals surface area contributed by atoms with Gasteiger partial charge in [-0.05, 0) is 31.0 Å². The predicted molar refractivity (Wildman–Crippen MR) is 82.4 cm³/mol. The van der Waals surface area contributed by atoms with Crippen LogP contribution < -0.4 is 15.4 Å². The molecule has 112 valence electrons. The number of aromatic nitrogens is 5. The lowest BCUT2D eigenvalue weighted by atomic mass is 10.2. The Labute approximate surface area is 126 Å². The SMILES string of the molecule is COc1nc(Nc2ccc3cn[nH]c3c2)nc(NC2CC2)n1. The topological polar surface area (TPSA) is 101 Å². The summed E-state index contributed by atoms with van der Waals surface area (Å²) in [6.45, 7) is 0. The Bertz CT molecular complexity index is 812. The molecule has 1 aromatic carbocycles. The van der Waals surface area contributed by atoms with Gasteiger partial charge in [0.1, 0.15) is 0 Å². The molecule has 22 heavy (non-hydrogen) atoms. The number of hydrogen-bond donors (Lipinski definition) is 3. The number of methoxy groups -OCH3 is 1. The van der Waals surface area contributed by atoms with E-state index in [2.05, 4.69) is 35.8 Å². The van der Waals surface area contributed by atoms with Gasteiger partial charge in [0, 0.05) is 17.1 Å². The van der Waals surface area contributed by atoms with Gasteiger partial charge < -0.3 is 15.4 Å². The van der Waals surface area contributed by atoms with Gasteiger partial charge in [0.15, 0.2) is 0 Å². The van der Waals surface area contributed by atoms with Gasteiger partial charge >= 0.3 is 6.01 Å². The fraction of sp³-hybridized carbons (Fsp3) is 0.286. The van der Waals surface area contributed by atoms with Gasteiger partial charge in [0.05, 0.1) is 18.8 Å². The van der Waals surface area contributed by atoms with Crippen molar-refractivity contribution in [1.29, 1.82) is 0 Å². The Morgan fingerprint density at radius 2 is 2.05 bits per heavy atom. The minimum absolute atomic E-state index is 0.281. The number of fused-ring (bicyclic) bond motifs is 1. The maximum atomic E-state index is 5.13. The van der Waals surface area contributed by atoms with Crippen LogP contribution in [0.2, 0.25) is 0 Å². The Kier molecular flexibility index (Phi) is 2.99. The average Bonchev–Trinajstić information content (AvgIpc) is 3.21. The summed E-state index contributed by atoms with van der Waals surface area (Å²) in [5.74, 6) is 0.966. The minimum Gasteiger partial charge on any atom is -0.467 e. The zero-order chi connectivity index (χ0) is 14.9. The molecule has 1 aliphatic carbocycles. The summed E-state index contributed by atoms with van der Waals surface area (Å²) >= 11 is 0. The van der Waals surface area contributed by atoms with Gasteiger partial charge in [-0.15, -0.1) is 0 Å². The van der Waals surface area contributed by atoms with E-state index in [4.69, 9.17) is 4.74 Å². The van der Waals surface area contributed by atoms with Crippen LogP contribution in [0, 0.1) is 0 Å². The number of hydrogen-bond acceptors (Lipinski definition) is 7. The molecule has 2 heterocycles. The Hall–Kier alpha value is -2.90. The molecule has 0 radical (unpaired) electrons. The monoisotopic (exact) mass is 297 g/mol. The third kappa shape index (κ3) is 2.62. The highest BCUT2D eigenvalue weighted by molar-refractivity contribution is 5.82. The highest BCUT2D eigenvalue weighted by Gasteiger charge is 2.22. The van der Waals surface area contributed by atoms with Gasteiger partial charge in [-0.25, -0.2) is 0 Å². The van der Waals surface area contributed by atoms with Crippen LogP contribution >= 0.6 is 0 Å². The van der Waals surface area contributed by atoms with Crippen molar-refractivity contribution in [2.75, 3.05) is 17.7 Å². The van der Waals surface area contributed by atoms with Gasteiger partial charge in [-0.1, -0.05) is 0 Å². The van der Waals surface area contributed by atoms with Crippen molar-refractivity contribution in [3.8, 4) is 6.01 Å². The second-order valence-electron chi connectivity index (χ2n) is 5.18.